The number of fused-ring (bicyclic) bond motifs is 3. The molecule has 0 radical (unpaired) electrons. The number of likely N-dealkylation sites (N-methyl/N-ethyl adjacent to an activating group) is 1. The van der Waals surface area contributed by atoms with Gasteiger partial charge in [-0.15, -0.1) is 0 Å². The van der Waals surface area contributed by atoms with Gasteiger partial charge in [0, 0.05) is 12.1 Å². The molecule has 0 saturated carbocycles. The van der Waals surface area contributed by atoms with Crippen LogP contribution in [0.2, 0.25) is 0 Å². The molecule has 2 aromatic rings. The van der Waals surface area contributed by atoms with Crippen LogP contribution >= 0.6 is 0 Å². The molecule has 0 aromatic heterocycles. The van der Waals surface area contributed by atoms with Gasteiger partial charge in [-0.2, -0.15) is 5.26 Å². The minimum absolute atomic E-state index is 0.0833. The maximum absolute atomic E-state index is 17.5. The van der Waals surface area contributed by atoms with Crippen molar-refractivity contribution in [2.24, 2.45) is 0 Å². The van der Waals surface area contributed by atoms with Crippen molar-refractivity contribution in [2.45, 2.75) is 18.3 Å². The van der Waals surface area contributed by atoms with E-state index in [0.717, 1.165) is 0 Å². The summed E-state index contributed by atoms with van der Waals surface area (Å²) in [6.07, 6.45) is -0.989. The van der Waals surface area contributed by atoms with Gasteiger partial charge in [-0.25, -0.2) is 9.18 Å². The molecule has 0 aliphatic carbocycles. The third-order valence-corrected chi connectivity index (χ3v) is 6.43. The molecule has 3 heterocycles. The van der Waals surface area contributed by atoms with Gasteiger partial charge in [0.2, 0.25) is 18.3 Å². The Morgan fingerprint density at radius 1 is 1.15 bits per heavy atom. The molecule has 0 N–H and O–H groups in total. The van der Waals surface area contributed by atoms with Crippen molar-refractivity contribution in [3.05, 3.63) is 39.9 Å². The normalized spacial score (nSPS) is 22.8. The van der Waals surface area contributed by atoms with E-state index in [2.05, 4.69) is 6.07 Å². The van der Waals surface area contributed by atoms with Crippen molar-refractivity contribution in [2.75, 3.05) is 41.7 Å². The summed E-state index contributed by atoms with van der Waals surface area (Å²) in [6, 6.07) is 5.30. The lowest BCUT2D eigenvalue weighted by atomic mass is 9.81. The Kier molecular flexibility index (Phi) is 4.76. The predicted molar refractivity (Wildman–Crippen MR) is 111 cm³/mol. The number of cyclic esters (lactones) is 1. The standard InChI is InChI=1S/C23H21FN2O7/c1-26-8-7-11-13(9-25)17-20(32-10-31-17)19(30-4)16(11)23(26,24)21-12-5-6-14(28-2)18(29-3)15(12)22(27)33-21/h5-6,21H,7-8,10H2,1-4H3. The Hall–Kier alpha value is -3.71. The average molecular weight is 456 g/mol. The second-order valence-corrected chi connectivity index (χ2v) is 7.83. The Balaban J connectivity index is 1.80. The molecule has 0 amide bonds. The summed E-state index contributed by atoms with van der Waals surface area (Å²) in [7, 11) is 5.82. The molecule has 9 nitrogen and oxygen atoms in total. The number of carbonyl (C=O) groups excluding carboxylic acids is 1. The van der Waals surface area contributed by atoms with Gasteiger partial charge in [0.25, 0.3) is 0 Å². The third-order valence-electron chi connectivity index (χ3n) is 6.43. The fourth-order valence-electron chi connectivity index (χ4n) is 4.93. The van der Waals surface area contributed by atoms with Crippen molar-refractivity contribution in [1.29, 1.82) is 5.26 Å². The van der Waals surface area contributed by atoms with Gasteiger partial charge < -0.3 is 28.4 Å². The van der Waals surface area contributed by atoms with Crippen LogP contribution in [0.4, 0.5) is 4.39 Å². The van der Waals surface area contributed by atoms with Crippen LogP contribution in [0.15, 0.2) is 12.1 Å². The van der Waals surface area contributed by atoms with E-state index in [-0.39, 0.29) is 53.0 Å². The topological polar surface area (TPSA) is 99.5 Å². The van der Waals surface area contributed by atoms with Gasteiger partial charge in [0.1, 0.15) is 17.2 Å². The Labute approximate surface area is 189 Å². The first-order valence-electron chi connectivity index (χ1n) is 10.2. The van der Waals surface area contributed by atoms with Crippen molar-refractivity contribution < 1.29 is 37.6 Å². The highest BCUT2D eigenvalue weighted by Gasteiger charge is 2.58. The van der Waals surface area contributed by atoms with Crippen LogP contribution in [0.3, 0.4) is 0 Å². The number of methoxy groups -OCH3 is 3. The smallest absolute Gasteiger partial charge is 0.343 e. The first-order chi connectivity index (χ1) is 15.9. The number of hydrogen-bond acceptors (Lipinski definition) is 9. The number of nitrogens with zero attached hydrogens (tertiary/aromatic N) is 2. The van der Waals surface area contributed by atoms with E-state index >= 15 is 4.39 Å². The number of nitriles is 1. The number of benzene rings is 2. The molecule has 2 atom stereocenters. The largest absolute Gasteiger partial charge is 0.493 e. The predicted octanol–water partition coefficient (Wildman–Crippen LogP) is 2.83. The highest BCUT2D eigenvalue weighted by atomic mass is 19.1. The molecule has 10 heteroatoms. The van der Waals surface area contributed by atoms with E-state index in [1.54, 1.807) is 19.2 Å². The maximum Gasteiger partial charge on any atom is 0.343 e. The van der Waals surface area contributed by atoms with E-state index in [1.807, 2.05) is 0 Å². The summed E-state index contributed by atoms with van der Waals surface area (Å²) in [5, 5.41) is 9.87. The maximum atomic E-state index is 17.5. The molecule has 2 aromatic carbocycles. The lowest BCUT2D eigenvalue weighted by molar-refractivity contribution is -0.128. The average Bonchev–Trinajstić information content (AvgIpc) is 3.44. The van der Waals surface area contributed by atoms with Gasteiger partial charge >= 0.3 is 5.97 Å². The molecule has 5 rings (SSSR count). The lowest BCUT2D eigenvalue weighted by Crippen LogP contribution is -2.49. The molecule has 0 spiro atoms. The number of rotatable bonds is 4. The molecule has 2 unspecified atom stereocenters. The summed E-state index contributed by atoms with van der Waals surface area (Å²) >= 11 is 0. The molecule has 3 aliphatic rings. The SMILES string of the molecule is COc1ccc2c(c1OC)C(=O)OC2C1(F)c2c(c(C#N)c3c(c2OC)OCO3)CCN1C. The van der Waals surface area contributed by atoms with Gasteiger partial charge in [0.15, 0.2) is 29.1 Å². The highest BCUT2D eigenvalue weighted by Crippen LogP contribution is 2.59. The number of esters is 1. The second kappa shape index (κ2) is 7.42. The van der Waals surface area contributed by atoms with Crippen molar-refractivity contribution >= 4 is 5.97 Å². The molecule has 172 valence electrons. The van der Waals surface area contributed by atoms with Crippen LogP contribution in [-0.2, 0) is 17.0 Å². The molecule has 0 fully saturated rings. The summed E-state index contributed by atoms with van der Waals surface area (Å²) in [5.41, 5.74) is 1.10. The number of halogens is 1. The zero-order valence-corrected chi connectivity index (χ0v) is 18.5. The van der Waals surface area contributed by atoms with Crippen LogP contribution in [0.25, 0.3) is 0 Å². The third kappa shape index (κ3) is 2.63. The summed E-state index contributed by atoms with van der Waals surface area (Å²) in [4.78, 5) is 14.4. The summed E-state index contributed by atoms with van der Waals surface area (Å²) in [6.45, 7) is 0.147. The van der Waals surface area contributed by atoms with Crippen LogP contribution in [0, 0.1) is 11.3 Å². The molecular formula is C23H21FN2O7. The number of alkyl halides is 1. The highest BCUT2D eigenvalue weighted by molar-refractivity contribution is 5.98. The molecule has 3 aliphatic heterocycles. The minimum Gasteiger partial charge on any atom is -0.493 e. The Morgan fingerprint density at radius 2 is 1.88 bits per heavy atom. The van der Waals surface area contributed by atoms with E-state index in [1.165, 1.54) is 26.2 Å². The zero-order chi connectivity index (χ0) is 23.5. The van der Waals surface area contributed by atoms with Gasteiger partial charge in [0.05, 0.1) is 26.9 Å². The van der Waals surface area contributed by atoms with Crippen molar-refractivity contribution in [3.63, 3.8) is 0 Å². The van der Waals surface area contributed by atoms with Crippen LogP contribution in [0.1, 0.15) is 38.7 Å². The van der Waals surface area contributed by atoms with Gasteiger partial charge in [-0.3, -0.25) is 4.90 Å². The van der Waals surface area contributed by atoms with Crippen molar-refractivity contribution in [1.82, 2.24) is 4.90 Å². The molecule has 0 saturated heterocycles. The van der Waals surface area contributed by atoms with E-state index in [9.17, 15) is 10.1 Å². The Morgan fingerprint density at radius 3 is 2.55 bits per heavy atom. The molecule has 33 heavy (non-hydrogen) atoms. The molecule has 0 bridgehead atoms. The Bertz CT molecular complexity index is 1220. The first-order valence-corrected chi connectivity index (χ1v) is 10.2. The summed E-state index contributed by atoms with van der Waals surface area (Å²) < 4.78 is 50.4. The van der Waals surface area contributed by atoms with Crippen LogP contribution in [0.5, 0.6) is 28.7 Å². The first kappa shape index (κ1) is 21.2. The second-order valence-electron chi connectivity index (χ2n) is 7.83. The van der Waals surface area contributed by atoms with Crippen LogP contribution in [-0.4, -0.2) is 52.6 Å². The summed E-state index contributed by atoms with van der Waals surface area (Å²) in [5.74, 6) is -2.12. The fourth-order valence-corrected chi connectivity index (χ4v) is 4.93. The fraction of sp³-hybridized carbons (Fsp3) is 0.391. The van der Waals surface area contributed by atoms with E-state index in [0.29, 0.717) is 23.3 Å². The number of ether oxygens (including phenoxy) is 6. The quantitative estimate of drug-likeness (QED) is 0.508. The zero-order valence-electron chi connectivity index (χ0n) is 18.5. The molecular weight excluding hydrogens is 435 g/mol. The van der Waals surface area contributed by atoms with E-state index in [4.69, 9.17) is 28.4 Å². The van der Waals surface area contributed by atoms with Gasteiger partial charge in [-0.1, -0.05) is 6.07 Å². The lowest BCUT2D eigenvalue weighted by Gasteiger charge is -2.43. The van der Waals surface area contributed by atoms with Gasteiger partial charge in [-0.05, 0) is 25.1 Å². The minimum atomic E-state index is -2.37. The van der Waals surface area contributed by atoms with Crippen molar-refractivity contribution in [3.8, 4) is 34.8 Å². The monoisotopic (exact) mass is 456 g/mol. The number of carbonyl (C=O) groups is 1. The number of hydrogen-bond donors (Lipinski definition) is 0. The van der Waals surface area contributed by atoms with Crippen LogP contribution < -0.4 is 23.7 Å². The van der Waals surface area contributed by atoms with E-state index < -0.39 is 17.9 Å².